The molecule has 7 heteroatoms. The maximum atomic E-state index is 12.2. The van der Waals surface area contributed by atoms with Crippen molar-refractivity contribution in [2.24, 2.45) is 5.92 Å². The molecule has 1 aromatic rings. The van der Waals surface area contributed by atoms with Crippen molar-refractivity contribution in [2.75, 3.05) is 13.7 Å². The SMILES string of the molecule is COC(=O)c1c(C)[nH]c(C(=O)OCC(=O)N[C@H]2CCCC[C@H]2C)c1C. The zero-order chi connectivity index (χ0) is 18.6. The van der Waals surface area contributed by atoms with Crippen molar-refractivity contribution in [1.29, 1.82) is 0 Å². The first-order valence-electron chi connectivity index (χ1n) is 8.59. The van der Waals surface area contributed by atoms with E-state index in [1.165, 1.54) is 13.5 Å². The normalized spacial score (nSPS) is 20.0. The first kappa shape index (κ1) is 19.0. The van der Waals surface area contributed by atoms with Gasteiger partial charge in [0.25, 0.3) is 5.91 Å². The van der Waals surface area contributed by atoms with Gasteiger partial charge in [-0.15, -0.1) is 0 Å². The van der Waals surface area contributed by atoms with Gasteiger partial charge in [0.05, 0.1) is 12.7 Å². The Morgan fingerprint density at radius 2 is 1.84 bits per heavy atom. The standard InChI is InChI=1S/C18H26N2O5/c1-10-7-5-6-8-13(10)20-14(21)9-25-18(23)16-11(2)15(12(3)19-16)17(22)24-4/h10,13,19H,5-9H2,1-4H3,(H,20,21)/t10-,13+/m1/s1. The van der Waals surface area contributed by atoms with Crippen molar-refractivity contribution >= 4 is 17.8 Å². The maximum Gasteiger partial charge on any atom is 0.355 e. The summed E-state index contributed by atoms with van der Waals surface area (Å²) in [6, 6.07) is 0.139. The summed E-state index contributed by atoms with van der Waals surface area (Å²) in [4.78, 5) is 38.8. The number of carbonyl (C=O) groups is 3. The Labute approximate surface area is 147 Å². The molecular weight excluding hydrogens is 324 g/mol. The molecule has 0 spiro atoms. The van der Waals surface area contributed by atoms with Gasteiger partial charge in [0.15, 0.2) is 6.61 Å². The summed E-state index contributed by atoms with van der Waals surface area (Å²) in [6.45, 7) is 5.09. The number of aromatic nitrogens is 1. The van der Waals surface area contributed by atoms with Crippen molar-refractivity contribution in [1.82, 2.24) is 10.3 Å². The molecular formula is C18H26N2O5. The number of amides is 1. The van der Waals surface area contributed by atoms with E-state index >= 15 is 0 Å². The molecule has 1 heterocycles. The molecule has 0 aromatic carbocycles. The van der Waals surface area contributed by atoms with Crippen LogP contribution >= 0.6 is 0 Å². The third-order valence-corrected chi connectivity index (χ3v) is 4.82. The Morgan fingerprint density at radius 1 is 1.16 bits per heavy atom. The highest BCUT2D eigenvalue weighted by Gasteiger charge is 2.25. The van der Waals surface area contributed by atoms with Gasteiger partial charge in [-0.05, 0) is 38.2 Å². The predicted molar refractivity (Wildman–Crippen MR) is 91.5 cm³/mol. The molecule has 1 saturated carbocycles. The van der Waals surface area contributed by atoms with E-state index in [4.69, 9.17) is 9.47 Å². The fourth-order valence-corrected chi connectivity index (χ4v) is 3.34. The number of rotatable bonds is 5. The second-order valence-corrected chi connectivity index (χ2v) is 6.63. The Hall–Kier alpha value is -2.31. The molecule has 1 aliphatic rings. The van der Waals surface area contributed by atoms with Crippen LogP contribution < -0.4 is 5.32 Å². The Balaban J connectivity index is 1.94. The molecule has 0 radical (unpaired) electrons. The van der Waals surface area contributed by atoms with E-state index in [9.17, 15) is 14.4 Å². The van der Waals surface area contributed by atoms with Crippen molar-refractivity contribution in [2.45, 2.75) is 52.5 Å². The zero-order valence-electron chi connectivity index (χ0n) is 15.2. The summed E-state index contributed by atoms with van der Waals surface area (Å²) in [5, 5.41) is 2.93. The van der Waals surface area contributed by atoms with Crippen LogP contribution in [0.25, 0.3) is 0 Å². The van der Waals surface area contributed by atoms with Crippen LogP contribution in [0.2, 0.25) is 0 Å². The number of aromatic amines is 1. The fourth-order valence-electron chi connectivity index (χ4n) is 3.34. The molecule has 25 heavy (non-hydrogen) atoms. The van der Waals surface area contributed by atoms with Gasteiger partial charge in [-0.2, -0.15) is 0 Å². The summed E-state index contributed by atoms with van der Waals surface area (Å²) in [6.07, 6.45) is 4.35. The number of H-pyrrole nitrogens is 1. The topological polar surface area (TPSA) is 97.5 Å². The number of aryl methyl sites for hydroxylation is 1. The van der Waals surface area contributed by atoms with Gasteiger partial charge >= 0.3 is 11.9 Å². The quantitative estimate of drug-likeness (QED) is 0.794. The van der Waals surface area contributed by atoms with E-state index in [1.54, 1.807) is 13.8 Å². The largest absolute Gasteiger partial charge is 0.465 e. The van der Waals surface area contributed by atoms with Gasteiger partial charge in [-0.3, -0.25) is 4.79 Å². The number of hydrogen-bond donors (Lipinski definition) is 2. The zero-order valence-corrected chi connectivity index (χ0v) is 15.2. The van der Waals surface area contributed by atoms with Gasteiger partial charge in [0, 0.05) is 11.7 Å². The monoisotopic (exact) mass is 350 g/mol. The van der Waals surface area contributed by atoms with Crippen molar-refractivity contribution < 1.29 is 23.9 Å². The van der Waals surface area contributed by atoms with Crippen molar-refractivity contribution in [3.8, 4) is 0 Å². The minimum atomic E-state index is -0.664. The van der Waals surface area contributed by atoms with Gasteiger partial charge < -0.3 is 19.8 Å². The first-order valence-corrected chi connectivity index (χ1v) is 8.59. The summed E-state index contributed by atoms with van der Waals surface area (Å²) >= 11 is 0. The van der Waals surface area contributed by atoms with Gasteiger partial charge in [0.1, 0.15) is 5.69 Å². The van der Waals surface area contributed by atoms with Gasteiger partial charge in [-0.1, -0.05) is 19.8 Å². The van der Waals surface area contributed by atoms with Crippen LogP contribution in [-0.2, 0) is 14.3 Å². The van der Waals surface area contributed by atoms with Crippen LogP contribution in [0.3, 0.4) is 0 Å². The highest BCUT2D eigenvalue weighted by atomic mass is 16.5. The lowest BCUT2D eigenvalue weighted by atomic mass is 9.86. The molecule has 138 valence electrons. The van der Waals surface area contributed by atoms with Gasteiger partial charge in [0.2, 0.25) is 0 Å². The lowest BCUT2D eigenvalue weighted by Gasteiger charge is -2.29. The van der Waals surface area contributed by atoms with Crippen LogP contribution in [0.15, 0.2) is 0 Å². The molecule has 1 fully saturated rings. The molecule has 1 aliphatic carbocycles. The van der Waals surface area contributed by atoms with Crippen LogP contribution in [0.4, 0.5) is 0 Å². The molecule has 0 unspecified atom stereocenters. The Bertz CT molecular complexity index is 665. The molecule has 2 atom stereocenters. The minimum absolute atomic E-state index is 0.139. The lowest BCUT2D eigenvalue weighted by molar-refractivity contribution is -0.125. The van der Waals surface area contributed by atoms with E-state index in [-0.39, 0.29) is 24.2 Å². The fraction of sp³-hybridized carbons (Fsp3) is 0.611. The Kier molecular flexibility index (Phi) is 6.22. The number of ether oxygens (including phenoxy) is 2. The van der Waals surface area contributed by atoms with Crippen LogP contribution in [0.1, 0.15) is 64.7 Å². The van der Waals surface area contributed by atoms with E-state index in [0.29, 0.717) is 22.7 Å². The van der Waals surface area contributed by atoms with Gasteiger partial charge in [-0.25, -0.2) is 9.59 Å². The highest BCUT2D eigenvalue weighted by Crippen LogP contribution is 2.23. The number of carbonyl (C=O) groups excluding carboxylic acids is 3. The molecule has 2 rings (SSSR count). The molecule has 0 saturated heterocycles. The molecule has 1 amide bonds. The summed E-state index contributed by atoms with van der Waals surface area (Å²) in [5.41, 5.74) is 1.46. The average Bonchev–Trinajstić information content (AvgIpc) is 2.88. The van der Waals surface area contributed by atoms with Crippen LogP contribution in [0, 0.1) is 19.8 Å². The van der Waals surface area contributed by atoms with Crippen LogP contribution in [0.5, 0.6) is 0 Å². The molecule has 7 nitrogen and oxygen atoms in total. The predicted octanol–water partition coefficient (Wildman–Crippen LogP) is 2.27. The minimum Gasteiger partial charge on any atom is -0.465 e. The second-order valence-electron chi connectivity index (χ2n) is 6.63. The number of hydrogen-bond acceptors (Lipinski definition) is 5. The van der Waals surface area contributed by atoms with E-state index in [1.807, 2.05) is 0 Å². The summed E-state index contributed by atoms with van der Waals surface area (Å²) in [7, 11) is 1.28. The summed E-state index contributed by atoms with van der Waals surface area (Å²) < 4.78 is 9.80. The third kappa shape index (κ3) is 4.41. The molecule has 0 bridgehead atoms. The molecule has 2 N–H and O–H groups in total. The van der Waals surface area contributed by atoms with Crippen molar-refractivity contribution in [3.63, 3.8) is 0 Å². The number of esters is 2. The maximum absolute atomic E-state index is 12.2. The van der Waals surface area contributed by atoms with Crippen LogP contribution in [-0.4, -0.2) is 42.6 Å². The third-order valence-electron chi connectivity index (χ3n) is 4.82. The summed E-state index contributed by atoms with van der Waals surface area (Å²) in [5.74, 6) is -1.05. The number of methoxy groups -OCH3 is 1. The highest BCUT2D eigenvalue weighted by molar-refractivity contribution is 5.99. The smallest absolute Gasteiger partial charge is 0.355 e. The van der Waals surface area contributed by atoms with E-state index in [0.717, 1.165) is 19.3 Å². The lowest BCUT2D eigenvalue weighted by Crippen LogP contribution is -2.42. The average molecular weight is 350 g/mol. The number of nitrogens with one attached hydrogen (secondary N) is 2. The van der Waals surface area contributed by atoms with E-state index in [2.05, 4.69) is 17.2 Å². The first-order chi connectivity index (χ1) is 11.8. The second kappa shape index (κ2) is 8.18. The van der Waals surface area contributed by atoms with Crippen molar-refractivity contribution in [3.05, 3.63) is 22.5 Å². The Morgan fingerprint density at radius 3 is 2.48 bits per heavy atom. The molecule has 0 aliphatic heterocycles. The van der Waals surface area contributed by atoms with E-state index < -0.39 is 11.9 Å². The molecule has 1 aromatic heterocycles.